The summed E-state index contributed by atoms with van der Waals surface area (Å²) in [6, 6.07) is 0. The fraction of sp³-hybridized carbons (Fsp3) is 1.00. The first kappa shape index (κ1) is 15.0. The molecule has 0 aliphatic heterocycles. The van der Waals surface area contributed by atoms with Gasteiger partial charge in [0.25, 0.3) is 0 Å². The van der Waals surface area contributed by atoms with Crippen LogP contribution in [0.3, 0.4) is 0 Å². The van der Waals surface area contributed by atoms with Crippen LogP contribution in [-0.4, -0.2) is 14.8 Å². The largest absolute Gasteiger partial charge is 0.168 e. The lowest BCUT2D eigenvalue weighted by Gasteiger charge is -2.34. The van der Waals surface area contributed by atoms with E-state index in [1.165, 1.54) is 25.7 Å². The summed E-state index contributed by atoms with van der Waals surface area (Å²) in [6.07, 6.45) is 5.15. The first-order chi connectivity index (χ1) is 6.19. The van der Waals surface area contributed by atoms with Gasteiger partial charge in [-0.15, -0.1) is 0 Å². The minimum atomic E-state index is -1.57. The van der Waals surface area contributed by atoms with Gasteiger partial charge in [0.1, 0.15) is 0 Å². The molecule has 0 radical (unpaired) electrons. The number of hydrogen-bond acceptors (Lipinski definition) is 0. The minimum Gasteiger partial charge on any atom is -0.168 e. The quantitative estimate of drug-likeness (QED) is 0.346. The van der Waals surface area contributed by atoms with Crippen molar-refractivity contribution in [3.05, 3.63) is 0 Å². The third-order valence-corrected chi connectivity index (χ3v) is 13.7. The Morgan fingerprint density at radius 3 is 1.64 bits per heavy atom. The van der Waals surface area contributed by atoms with E-state index in [1.54, 1.807) is 0 Å². The maximum Gasteiger partial charge on any atom is 0.152 e. The monoisotopic (exact) mass is 270 g/mol. The summed E-state index contributed by atoms with van der Waals surface area (Å²) >= 11 is 13.1. The van der Waals surface area contributed by atoms with Crippen molar-refractivity contribution >= 4 is 36.9 Å². The van der Waals surface area contributed by atoms with Crippen LogP contribution in [0, 0.1) is 0 Å². The van der Waals surface area contributed by atoms with Crippen LogP contribution < -0.4 is 0 Å². The zero-order chi connectivity index (χ0) is 11.4. The van der Waals surface area contributed by atoms with Gasteiger partial charge in [0, 0.05) is 0 Å². The van der Waals surface area contributed by atoms with Gasteiger partial charge in [-0.05, 0) is 5.16 Å². The summed E-state index contributed by atoms with van der Waals surface area (Å²) in [5, 5.41) is 0.643. The Balaban J connectivity index is 4.28. The summed E-state index contributed by atoms with van der Waals surface area (Å²) in [5.41, 5.74) is 0. The zero-order valence-electron chi connectivity index (χ0n) is 10.2. The highest BCUT2D eigenvalue weighted by Crippen LogP contribution is 2.40. The van der Waals surface area contributed by atoms with Gasteiger partial charge in [-0.1, -0.05) is 58.8 Å². The number of hydrogen-bond donors (Lipinski definition) is 0. The van der Waals surface area contributed by atoms with Gasteiger partial charge in [0.2, 0.25) is 0 Å². The molecule has 0 N–H and O–H groups in total. The molecule has 0 fully saturated rings. The fourth-order valence-electron chi connectivity index (χ4n) is 2.10. The predicted molar refractivity (Wildman–Crippen MR) is 74.6 cm³/mol. The average Bonchev–Trinajstić information content (AvgIpc) is 1.92. The second kappa shape index (κ2) is 5.93. The molecule has 0 unspecified atom stereocenters. The zero-order valence-corrected chi connectivity index (χ0v) is 13.7. The molecule has 0 aromatic carbocycles. The Kier molecular flexibility index (Phi) is 6.35. The Morgan fingerprint density at radius 1 is 0.929 bits per heavy atom. The molecule has 0 nitrogen and oxygen atoms in total. The third-order valence-electron chi connectivity index (χ3n) is 2.75. The van der Waals surface area contributed by atoms with Crippen molar-refractivity contribution in [2.24, 2.45) is 0 Å². The van der Waals surface area contributed by atoms with Crippen molar-refractivity contribution in [1.29, 1.82) is 0 Å². The molecule has 0 amide bonds. The molecule has 4 heteroatoms. The summed E-state index contributed by atoms with van der Waals surface area (Å²) < 4.78 is 0. The lowest BCUT2D eigenvalue weighted by molar-refractivity contribution is 0.679. The van der Waals surface area contributed by atoms with Gasteiger partial charge in [-0.2, -0.15) is 22.2 Å². The van der Waals surface area contributed by atoms with E-state index in [0.29, 0.717) is 5.16 Å². The van der Waals surface area contributed by atoms with E-state index < -0.39 is 14.8 Å². The molecule has 0 atom stereocenters. The molecule has 86 valence electrons. The standard InChI is InChI=1S/C10H24Cl2Si2/c1-6-7-8-9-10(13(2,3)11)14(4,5)12/h10H,6-9H2,1-5H3. The summed E-state index contributed by atoms with van der Waals surface area (Å²) in [7, 11) is -3.14. The predicted octanol–water partition coefficient (Wildman–Crippen LogP) is 5.36. The third kappa shape index (κ3) is 5.79. The van der Waals surface area contributed by atoms with Crippen molar-refractivity contribution < 1.29 is 0 Å². The molecule has 0 aromatic heterocycles. The Labute approximate surface area is 101 Å². The van der Waals surface area contributed by atoms with Gasteiger partial charge < -0.3 is 0 Å². The molecule has 0 aromatic rings. The fourth-order valence-corrected chi connectivity index (χ4v) is 16.5. The van der Waals surface area contributed by atoms with Gasteiger partial charge in [0.15, 0.2) is 14.8 Å². The molecule has 0 rings (SSSR count). The molecule has 0 spiro atoms. The first-order valence-electron chi connectivity index (χ1n) is 5.57. The number of rotatable bonds is 6. The van der Waals surface area contributed by atoms with E-state index >= 15 is 0 Å². The first-order valence-corrected chi connectivity index (χ1v) is 13.7. The van der Waals surface area contributed by atoms with E-state index in [0.717, 1.165) is 0 Å². The number of halogens is 2. The molecule has 0 bridgehead atoms. The van der Waals surface area contributed by atoms with Crippen LogP contribution in [0.1, 0.15) is 32.6 Å². The van der Waals surface area contributed by atoms with E-state index in [9.17, 15) is 0 Å². The van der Waals surface area contributed by atoms with Crippen LogP contribution in [0.15, 0.2) is 0 Å². The van der Waals surface area contributed by atoms with Crippen LogP contribution in [0.25, 0.3) is 0 Å². The van der Waals surface area contributed by atoms with Crippen LogP contribution in [0.2, 0.25) is 31.4 Å². The lowest BCUT2D eigenvalue weighted by Crippen LogP contribution is -2.40. The van der Waals surface area contributed by atoms with E-state index in [4.69, 9.17) is 22.2 Å². The van der Waals surface area contributed by atoms with Crippen molar-refractivity contribution in [2.45, 2.75) is 64.0 Å². The van der Waals surface area contributed by atoms with Gasteiger partial charge in [0.05, 0.1) is 0 Å². The topological polar surface area (TPSA) is 0 Å². The molecular weight excluding hydrogens is 247 g/mol. The Hall–Kier alpha value is 1.01. The summed E-state index contributed by atoms with van der Waals surface area (Å²) in [4.78, 5) is 0. The van der Waals surface area contributed by atoms with Crippen molar-refractivity contribution in [1.82, 2.24) is 0 Å². The highest BCUT2D eigenvalue weighted by atomic mass is 35.6. The van der Waals surface area contributed by atoms with Crippen LogP contribution in [-0.2, 0) is 0 Å². The summed E-state index contributed by atoms with van der Waals surface area (Å²) in [6.45, 7) is 11.2. The average molecular weight is 271 g/mol. The van der Waals surface area contributed by atoms with Crippen LogP contribution >= 0.6 is 22.2 Å². The second-order valence-electron chi connectivity index (χ2n) is 5.18. The normalized spacial score (nSPS) is 13.7. The Morgan fingerprint density at radius 2 is 1.36 bits per heavy atom. The van der Waals surface area contributed by atoms with Crippen LogP contribution in [0.4, 0.5) is 0 Å². The van der Waals surface area contributed by atoms with E-state index in [2.05, 4.69) is 33.1 Å². The molecule has 0 aliphatic rings. The maximum absolute atomic E-state index is 6.55. The van der Waals surface area contributed by atoms with Gasteiger partial charge in [-0.25, -0.2) is 0 Å². The van der Waals surface area contributed by atoms with Crippen molar-refractivity contribution in [3.8, 4) is 0 Å². The molecule has 0 saturated heterocycles. The smallest absolute Gasteiger partial charge is 0.152 e. The maximum atomic E-state index is 6.55. The molecule has 0 aliphatic carbocycles. The SMILES string of the molecule is CCCCCC([Si](C)(C)Cl)[Si](C)(C)Cl. The lowest BCUT2D eigenvalue weighted by atomic mass is 10.2. The van der Waals surface area contributed by atoms with Crippen LogP contribution in [0.5, 0.6) is 0 Å². The number of unbranched alkanes of at least 4 members (excludes halogenated alkanes) is 2. The second-order valence-corrected chi connectivity index (χ2v) is 19.3. The molecule has 0 heterocycles. The molecular formula is C10H24Cl2Si2. The Bertz CT molecular complexity index is 144. The van der Waals surface area contributed by atoms with E-state index in [1.807, 2.05) is 0 Å². The minimum absolute atomic E-state index is 0.643. The van der Waals surface area contributed by atoms with E-state index in [-0.39, 0.29) is 0 Å². The van der Waals surface area contributed by atoms with Gasteiger partial charge in [-0.3, -0.25) is 0 Å². The molecule has 14 heavy (non-hydrogen) atoms. The molecule has 0 saturated carbocycles. The van der Waals surface area contributed by atoms with Crippen molar-refractivity contribution in [3.63, 3.8) is 0 Å². The highest BCUT2D eigenvalue weighted by molar-refractivity contribution is 7.32. The van der Waals surface area contributed by atoms with Crippen molar-refractivity contribution in [2.75, 3.05) is 0 Å². The highest BCUT2D eigenvalue weighted by Gasteiger charge is 2.41. The van der Waals surface area contributed by atoms with Gasteiger partial charge >= 0.3 is 0 Å². The summed E-state index contributed by atoms with van der Waals surface area (Å²) in [5.74, 6) is 0.